The Bertz CT molecular complexity index is 882. The summed E-state index contributed by atoms with van der Waals surface area (Å²) in [6.07, 6.45) is 4.37. The number of benzene rings is 2. The molecule has 1 unspecified atom stereocenters. The molecule has 4 rings (SSSR count). The van der Waals surface area contributed by atoms with Crippen LogP contribution < -0.4 is 5.48 Å². The molecule has 116 valence electrons. The van der Waals surface area contributed by atoms with E-state index in [2.05, 4.69) is 35.3 Å². The molecule has 1 aliphatic rings. The van der Waals surface area contributed by atoms with Crippen LogP contribution in [0.5, 0.6) is 0 Å². The first kappa shape index (κ1) is 14.0. The Morgan fingerprint density at radius 2 is 2.04 bits per heavy atom. The summed E-state index contributed by atoms with van der Waals surface area (Å²) in [7, 11) is 0. The van der Waals surface area contributed by atoms with E-state index in [1.165, 1.54) is 22.1 Å². The third-order valence-electron chi connectivity index (χ3n) is 4.82. The van der Waals surface area contributed by atoms with Gasteiger partial charge < -0.3 is 4.98 Å². The van der Waals surface area contributed by atoms with E-state index >= 15 is 0 Å². The molecule has 1 amide bonds. The van der Waals surface area contributed by atoms with E-state index in [4.69, 9.17) is 5.21 Å². The van der Waals surface area contributed by atoms with Crippen LogP contribution in [0.2, 0.25) is 0 Å². The van der Waals surface area contributed by atoms with Gasteiger partial charge in [0.25, 0.3) is 0 Å². The third-order valence-corrected chi connectivity index (χ3v) is 4.82. The van der Waals surface area contributed by atoms with Gasteiger partial charge in [-0.05, 0) is 42.0 Å². The number of H-pyrrole nitrogens is 1. The number of aromatic amines is 1. The van der Waals surface area contributed by atoms with Gasteiger partial charge in [-0.3, -0.25) is 10.0 Å². The number of aryl methyl sites for hydroxylation is 1. The molecule has 1 aromatic heterocycles. The van der Waals surface area contributed by atoms with Crippen molar-refractivity contribution >= 4 is 16.8 Å². The van der Waals surface area contributed by atoms with E-state index < -0.39 is 0 Å². The van der Waals surface area contributed by atoms with Gasteiger partial charge in [0.15, 0.2) is 0 Å². The Morgan fingerprint density at radius 3 is 2.91 bits per heavy atom. The number of para-hydroxylation sites is 1. The Kier molecular flexibility index (Phi) is 3.39. The lowest BCUT2D eigenvalue weighted by Crippen LogP contribution is -2.31. The van der Waals surface area contributed by atoms with Crippen LogP contribution in [-0.2, 0) is 17.6 Å². The van der Waals surface area contributed by atoms with Crippen molar-refractivity contribution in [1.82, 2.24) is 10.5 Å². The van der Waals surface area contributed by atoms with Crippen molar-refractivity contribution in [2.45, 2.75) is 19.3 Å². The van der Waals surface area contributed by atoms with Gasteiger partial charge in [-0.25, -0.2) is 5.48 Å². The summed E-state index contributed by atoms with van der Waals surface area (Å²) in [5.41, 5.74) is 7.75. The molecular formula is C19H18N2O2. The second kappa shape index (κ2) is 5.56. The van der Waals surface area contributed by atoms with Crippen molar-refractivity contribution in [1.29, 1.82) is 0 Å². The second-order valence-corrected chi connectivity index (χ2v) is 6.15. The molecule has 1 heterocycles. The van der Waals surface area contributed by atoms with Gasteiger partial charge in [-0.15, -0.1) is 0 Å². The molecule has 0 aliphatic heterocycles. The van der Waals surface area contributed by atoms with Crippen LogP contribution in [0.15, 0.2) is 48.7 Å². The highest BCUT2D eigenvalue weighted by Gasteiger charge is 2.24. The molecule has 0 saturated heterocycles. The fourth-order valence-corrected chi connectivity index (χ4v) is 3.55. The summed E-state index contributed by atoms with van der Waals surface area (Å²) in [6, 6.07) is 14.7. The van der Waals surface area contributed by atoms with Crippen molar-refractivity contribution < 1.29 is 10.0 Å². The molecule has 0 bridgehead atoms. The Labute approximate surface area is 134 Å². The van der Waals surface area contributed by atoms with E-state index in [1.807, 2.05) is 18.3 Å². The molecule has 1 aliphatic carbocycles. The van der Waals surface area contributed by atoms with Gasteiger partial charge >= 0.3 is 0 Å². The molecule has 3 aromatic rings. The van der Waals surface area contributed by atoms with E-state index in [9.17, 15) is 4.79 Å². The number of carbonyl (C=O) groups is 1. The Hall–Kier alpha value is -2.59. The number of aromatic nitrogens is 1. The minimum atomic E-state index is -0.284. The van der Waals surface area contributed by atoms with Crippen molar-refractivity contribution in [3.63, 3.8) is 0 Å². The molecule has 0 radical (unpaired) electrons. The minimum Gasteiger partial charge on any atom is -0.361 e. The van der Waals surface area contributed by atoms with Gasteiger partial charge in [-0.1, -0.05) is 36.4 Å². The monoisotopic (exact) mass is 306 g/mol. The van der Waals surface area contributed by atoms with Crippen LogP contribution in [0.25, 0.3) is 22.0 Å². The van der Waals surface area contributed by atoms with Crippen LogP contribution >= 0.6 is 0 Å². The number of fused-ring (bicyclic) bond motifs is 2. The van der Waals surface area contributed by atoms with Crippen LogP contribution in [-0.4, -0.2) is 16.1 Å². The zero-order chi connectivity index (χ0) is 15.8. The average Bonchev–Trinajstić information content (AvgIpc) is 3.04. The first-order valence-electron chi connectivity index (χ1n) is 7.88. The van der Waals surface area contributed by atoms with Crippen LogP contribution in [0.3, 0.4) is 0 Å². The number of hydrogen-bond donors (Lipinski definition) is 3. The molecular weight excluding hydrogens is 288 g/mol. The number of carbonyl (C=O) groups excluding carboxylic acids is 1. The normalized spacial score (nSPS) is 17.0. The van der Waals surface area contributed by atoms with Crippen molar-refractivity contribution in [2.75, 3.05) is 0 Å². The standard InChI is InChI=1S/C19H18N2O2/c22-19(21-23)14-8-6-12-5-7-13(9-15(12)10-14)17-11-20-18-4-2-1-3-16(17)18/h1-5,7,9,11,14,20,23H,6,8,10H2,(H,21,22). The maximum atomic E-state index is 11.7. The molecule has 4 heteroatoms. The van der Waals surface area contributed by atoms with E-state index in [1.54, 1.807) is 5.48 Å². The van der Waals surface area contributed by atoms with Gasteiger partial charge in [0, 0.05) is 28.6 Å². The maximum absolute atomic E-state index is 11.7. The summed E-state index contributed by atoms with van der Waals surface area (Å²) >= 11 is 0. The molecule has 0 saturated carbocycles. The topological polar surface area (TPSA) is 65.1 Å². The molecule has 4 nitrogen and oxygen atoms in total. The lowest BCUT2D eigenvalue weighted by atomic mass is 9.82. The summed E-state index contributed by atoms with van der Waals surface area (Å²) < 4.78 is 0. The quantitative estimate of drug-likeness (QED) is 0.501. The lowest BCUT2D eigenvalue weighted by molar-refractivity contribution is -0.133. The largest absolute Gasteiger partial charge is 0.361 e. The first-order valence-corrected chi connectivity index (χ1v) is 7.88. The summed E-state index contributed by atoms with van der Waals surface area (Å²) in [4.78, 5) is 15.0. The van der Waals surface area contributed by atoms with Gasteiger partial charge in [0.1, 0.15) is 0 Å². The van der Waals surface area contributed by atoms with Crippen molar-refractivity contribution in [2.24, 2.45) is 5.92 Å². The number of rotatable bonds is 2. The molecule has 23 heavy (non-hydrogen) atoms. The van der Waals surface area contributed by atoms with Crippen LogP contribution in [0.4, 0.5) is 0 Å². The number of hydroxylamine groups is 1. The summed E-state index contributed by atoms with van der Waals surface area (Å²) in [5, 5.41) is 10.1. The highest BCUT2D eigenvalue weighted by atomic mass is 16.5. The Morgan fingerprint density at radius 1 is 1.17 bits per heavy atom. The average molecular weight is 306 g/mol. The van der Waals surface area contributed by atoms with Gasteiger partial charge in [-0.2, -0.15) is 0 Å². The molecule has 0 fully saturated rings. The summed E-state index contributed by atoms with van der Waals surface area (Å²) in [5.74, 6) is -0.432. The highest BCUT2D eigenvalue weighted by Crippen LogP contribution is 2.33. The maximum Gasteiger partial charge on any atom is 0.246 e. The number of nitrogens with one attached hydrogen (secondary N) is 2. The fraction of sp³-hybridized carbons (Fsp3) is 0.211. The zero-order valence-electron chi connectivity index (χ0n) is 12.7. The smallest absolute Gasteiger partial charge is 0.246 e. The van der Waals surface area contributed by atoms with Crippen molar-refractivity contribution in [3.8, 4) is 11.1 Å². The number of amides is 1. The molecule has 1 atom stereocenters. The van der Waals surface area contributed by atoms with Gasteiger partial charge in [0.2, 0.25) is 5.91 Å². The van der Waals surface area contributed by atoms with E-state index in [-0.39, 0.29) is 11.8 Å². The van der Waals surface area contributed by atoms with E-state index in [0.717, 1.165) is 23.9 Å². The molecule has 0 spiro atoms. The van der Waals surface area contributed by atoms with Crippen LogP contribution in [0, 0.1) is 5.92 Å². The lowest BCUT2D eigenvalue weighted by Gasteiger charge is -2.23. The van der Waals surface area contributed by atoms with Crippen LogP contribution in [0.1, 0.15) is 17.5 Å². The summed E-state index contributed by atoms with van der Waals surface area (Å²) in [6.45, 7) is 0. The molecule has 3 N–H and O–H groups in total. The number of hydrogen-bond acceptors (Lipinski definition) is 2. The highest BCUT2D eigenvalue weighted by molar-refractivity contribution is 5.95. The first-order chi connectivity index (χ1) is 11.3. The Balaban J connectivity index is 1.74. The fourth-order valence-electron chi connectivity index (χ4n) is 3.55. The molecule has 2 aromatic carbocycles. The zero-order valence-corrected chi connectivity index (χ0v) is 12.7. The predicted octanol–water partition coefficient (Wildman–Crippen LogP) is 3.45. The minimum absolute atomic E-state index is 0.147. The predicted molar refractivity (Wildman–Crippen MR) is 89.2 cm³/mol. The second-order valence-electron chi connectivity index (χ2n) is 6.15. The van der Waals surface area contributed by atoms with E-state index in [0.29, 0.717) is 6.42 Å². The van der Waals surface area contributed by atoms with Crippen molar-refractivity contribution in [3.05, 3.63) is 59.8 Å². The van der Waals surface area contributed by atoms with Gasteiger partial charge in [0.05, 0.1) is 0 Å². The third kappa shape index (κ3) is 2.41. The SMILES string of the molecule is O=C(NO)C1CCc2ccc(-c3c[nH]c4ccccc34)cc2C1.